The molecule has 0 fully saturated rings. The van der Waals surface area contributed by atoms with Crippen molar-refractivity contribution in [2.45, 2.75) is 104 Å². The molecule has 1 unspecified atom stereocenters. The minimum atomic E-state index is -1.41. The molecule has 1 atom stereocenters. The largest absolute Gasteiger partial charge is 0.478 e. The second-order valence-electron chi connectivity index (χ2n) is 8.42. The van der Waals surface area contributed by atoms with Crippen LogP contribution in [-0.4, -0.2) is 33.2 Å². The highest BCUT2D eigenvalue weighted by Crippen LogP contribution is 2.34. The molecule has 0 radical (unpaired) electrons. The van der Waals surface area contributed by atoms with Crippen LogP contribution in [0.25, 0.3) is 0 Å². The highest BCUT2D eigenvalue weighted by molar-refractivity contribution is 6.05. The Morgan fingerprint density at radius 1 is 0.742 bits per heavy atom. The van der Waals surface area contributed by atoms with Crippen LogP contribution in [0, 0.1) is 0 Å². The first kappa shape index (κ1) is 26.7. The van der Waals surface area contributed by atoms with Gasteiger partial charge in [-0.25, -0.2) is 14.4 Å². The third kappa shape index (κ3) is 8.00. The molecular weight excluding hydrogens is 396 g/mol. The standard InChI is InChI=1S/C25H38O6/c1-4-6-8-9-10-11-12-13-15-18-21(17(3)14-7-5-2)19(23(26)27)16-20(24(28)29)22(18)25(30)31/h16-17H,4-15H2,1-3H3,(H,26,27)(H,28,29)(H,30,31). The summed E-state index contributed by atoms with van der Waals surface area (Å²) < 4.78 is 0. The number of aromatic carboxylic acids is 3. The maximum atomic E-state index is 12.0. The van der Waals surface area contributed by atoms with Crippen LogP contribution in [0.4, 0.5) is 0 Å². The molecule has 0 bridgehead atoms. The van der Waals surface area contributed by atoms with Crippen LogP contribution in [0.15, 0.2) is 6.07 Å². The van der Waals surface area contributed by atoms with Crippen LogP contribution in [0.1, 0.15) is 140 Å². The number of carboxylic acids is 3. The number of rotatable bonds is 16. The van der Waals surface area contributed by atoms with Crippen molar-refractivity contribution in [1.82, 2.24) is 0 Å². The predicted molar refractivity (Wildman–Crippen MR) is 122 cm³/mol. The number of hydrogen-bond acceptors (Lipinski definition) is 3. The van der Waals surface area contributed by atoms with Crippen molar-refractivity contribution in [2.75, 3.05) is 0 Å². The van der Waals surface area contributed by atoms with Gasteiger partial charge in [-0.3, -0.25) is 0 Å². The van der Waals surface area contributed by atoms with Gasteiger partial charge < -0.3 is 15.3 Å². The number of carbonyl (C=O) groups is 3. The van der Waals surface area contributed by atoms with Crippen LogP contribution >= 0.6 is 0 Å². The summed E-state index contributed by atoms with van der Waals surface area (Å²) in [5.74, 6) is -4.09. The average molecular weight is 435 g/mol. The second kappa shape index (κ2) is 13.8. The monoisotopic (exact) mass is 434 g/mol. The van der Waals surface area contributed by atoms with Gasteiger partial charge in [0.15, 0.2) is 0 Å². The van der Waals surface area contributed by atoms with Crippen molar-refractivity contribution >= 4 is 17.9 Å². The van der Waals surface area contributed by atoms with E-state index in [2.05, 4.69) is 6.92 Å². The Labute approximate surface area is 185 Å². The maximum Gasteiger partial charge on any atom is 0.336 e. The molecule has 0 saturated carbocycles. The Balaban J connectivity index is 3.26. The molecule has 0 amide bonds. The fourth-order valence-electron chi connectivity index (χ4n) is 4.26. The van der Waals surface area contributed by atoms with Gasteiger partial charge in [-0.15, -0.1) is 0 Å². The highest BCUT2D eigenvalue weighted by atomic mass is 16.4. The summed E-state index contributed by atoms with van der Waals surface area (Å²) in [5.41, 5.74) is 0.107. The third-order valence-corrected chi connectivity index (χ3v) is 5.91. The molecule has 0 aliphatic rings. The summed E-state index contributed by atoms with van der Waals surface area (Å²) in [6, 6.07) is 1.03. The van der Waals surface area contributed by atoms with Gasteiger partial charge in [0.1, 0.15) is 0 Å². The summed E-state index contributed by atoms with van der Waals surface area (Å²) >= 11 is 0. The molecular formula is C25H38O6. The van der Waals surface area contributed by atoms with E-state index in [1.807, 2.05) is 13.8 Å². The molecule has 0 aromatic heterocycles. The molecule has 0 heterocycles. The molecule has 1 aromatic rings. The first-order chi connectivity index (χ1) is 14.8. The van der Waals surface area contributed by atoms with Gasteiger partial charge in [0.05, 0.1) is 16.7 Å². The number of hydrogen-bond donors (Lipinski definition) is 3. The van der Waals surface area contributed by atoms with Gasteiger partial charge in [-0.1, -0.05) is 78.6 Å². The van der Waals surface area contributed by atoms with E-state index in [0.717, 1.165) is 44.6 Å². The Morgan fingerprint density at radius 3 is 1.74 bits per heavy atom. The minimum absolute atomic E-state index is 0.0828. The van der Waals surface area contributed by atoms with E-state index in [1.54, 1.807) is 0 Å². The van der Waals surface area contributed by atoms with E-state index in [1.165, 1.54) is 25.7 Å². The Hall–Kier alpha value is -2.37. The molecule has 1 aromatic carbocycles. The Kier molecular flexibility index (Phi) is 11.9. The van der Waals surface area contributed by atoms with Gasteiger partial charge >= 0.3 is 17.9 Å². The number of benzene rings is 1. The van der Waals surface area contributed by atoms with Gasteiger partial charge in [-0.05, 0) is 42.4 Å². The lowest BCUT2D eigenvalue weighted by atomic mass is 9.81. The second-order valence-corrected chi connectivity index (χ2v) is 8.42. The molecule has 174 valence electrons. The van der Waals surface area contributed by atoms with E-state index in [9.17, 15) is 29.7 Å². The summed E-state index contributed by atoms with van der Waals surface area (Å²) in [5, 5.41) is 29.2. The van der Waals surface area contributed by atoms with E-state index >= 15 is 0 Å². The fraction of sp³-hybridized carbons (Fsp3) is 0.640. The zero-order valence-electron chi connectivity index (χ0n) is 19.2. The smallest absolute Gasteiger partial charge is 0.336 e. The van der Waals surface area contributed by atoms with Crippen molar-refractivity contribution in [3.8, 4) is 0 Å². The molecule has 3 N–H and O–H groups in total. The van der Waals surface area contributed by atoms with Crippen LogP contribution in [-0.2, 0) is 6.42 Å². The predicted octanol–water partition coefficient (Wildman–Crippen LogP) is 6.76. The molecule has 31 heavy (non-hydrogen) atoms. The van der Waals surface area contributed by atoms with Crippen LogP contribution in [0.3, 0.4) is 0 Å². The Morgan fingerprint density at radius 2 is 1.26 bits per heavy atom. The molecule has 6 heteroatoms. The molecule has 0 aliphatic carbocycles. The van der Waals surface area contributed by atoms with E-state index in [0.29, 0.717) is 24.0 Å². The van der Waals surface area contributed by atoms with Crippen molar-refractivity contribution in [3.05, 3.63) is 33.9 Å². The lowest BCUT2D eigenvalue weighted by molar-refractivity contribution is 0.0647. The number of carboxylic acid groups (broad SMARTS) is 3. The minimum Gasteiger partial charge on any atom is -0.478 e. The molecule has 0 spiro atoms. The van der Waals surface area contributed by atoms with Crippen molar-refractivity contribution in [2.24, 2.45) is 0 Å². The summed E-state index contributed by atoms with van der Waals surface area (Å²) in [4.78, 5) is 35.8. The average Bonchev–Trinajstić information content (AvgIpc) is 2.72. The summed E-state index contributed by atoms with van der Waals surface area (Å²) in [6.07, 6.45) is 11.6. The topological polar surface area (TPSA) is 112 Å². The van der Waals surface area contributed by atoms with E-state index in [-0.39, 0.29) is 17.0 Å². The van der Waals surface area contributed by atoms with Gasteiger partial charge in [-0.2, -0.15) is 0 Å². The fourth-order valence-corrected chi connectivity index (χ4v) is 4.26. The molecule has 1 rings (SSSR count). The van der Waals surface area contributed by atoms with E-state index < -0.39 is 23.5 Å². The van der Waals surface area contributed by atoms with Crippen molar-refractivity contribution < 1.29 is 29.7 Å². The van der Waals surface area contributed by atoms with Gasteiger partial charge in [0.25, 0.3) is 0 Å². The molecule has 6 nitrogen and oxygen atoms in total. The van der Waals surface area contributed by atoms with Gasteiger partial charge in [0, 0.05) is 0 Å². The molecule has 0 saturated heterocycles. The van der Waals surface area contributed by atoms with E-state index in [4.69, 9.17) is 0 Å². The van der Waals surface area contributed by atoms with Crippen LogP contribution in [0.2, 0.25) is 0 Å². The molecule has 0 aliphatic heterocycles. The quantitative estimate of drug-likeness (QED) is 0.248. The van der Waals surface area contributed by atoms with Gasteiger partial charge in [0.2, 0.25) is 0 Å². The zero-order chi connectivity index (χ0) is 23.4. The van der Waals surface area contributed by atoms with Crippen LogP contribution in [0.5, 0.6) is 0 Å². The first-order valence-electron chi connectivity index (χ1n) is 11.7. The maximum absolute atomic E-state index is 12.0. The van der Waals surface area contributed by atoms with Crippen LogP contribution < -0.4 is 0 Å². The highest BCUT2D eigenvalue weighted by Gasteiger charge is 2.29. The normalized spacial score (nSPS) is 12.0. The van der Waals surface area contributed by atoms with Crippen molar-refractivity contribution in [3.63, 3.8) is 0 Å². The zero-order valence-corrected chi connectivity index (χ0v) is 19.2. The summed E-state index contributed by atoms with van der Waals surface area (Å²) in [6.45, 7) is 6.12. The lowest BCUT2D eigenvalue weighted by Crippen LogP contribution is -2.19. The summed E-state index contributed by atoms with van der Waals surface area (Å²) in [7, 11) is 0. The van der Waals surface area contributed by atoms with Crippen molar-refractivity contribution in [1.29, 1.82) is 0 Å². The third-order valence-electron chi connectivity index (χ3n) is 5.91. The Bertz CT molecular complexity index is 753. The SMILES string of the molecule is CCCCCCCCCCc1c(C(=O)O)c(C(=O)O)cc(C(=O)O)c1C(C)CCCC. The lowest BCUT2D eigenvalue weighted by Gasteiger charge is -2.22. The number of unbranched alkanes of at least 4 members (excludes halogenated alkanes) is 8. The first-order valence-corrected chi connectivity index (χ1v) is 11.7.